The Hall–Kier alpha value is -1.60. The van der Waals surface area contributed by atoms with Crippen LogP contribution in [-0.2, 0) is 23.7 Å². The highest BCUT2D eigenvalue weighted by molar-refractivity contribution is 4.83. The Kier molecular flexibility index (Phi) is 7.14. The Bertz CT molecular complexity index is 580. The van der Waals surface area contributed by atoms with Crippen LogP contribution in [-0.4, -0.2) is 61.1 Å². The van der Waals surface area contributed by atoms with Gasteiger partial charge in [-0.3, -0.25) is 0 Å². The second-order valence-corrected chi connectivity index (χ2v) is 5.68. The van der Waals surface area contributed by atoms with Crippen molar-refractivity contribution in [2.45, 2.75) is 61.1 Å². The Morgan fingerprint density at radius 3 is 0.286 bits per heavy atom. The zero-order valence-electron chi connectivity index (χ0n) is 14.6. The molecule has 0 unspecified atom stereocenters. The summed E-state index contributed by atoms with van der Waals surface area (Å²) in [5, 5.41) is 0. The van der Waals surface area contributed by atoms with Gasteiger partial charge in [0.1, 0.15) is 0 Å². The van der Waals surface area contributed by atoms with E-state index in [0.717, 1.165) is 0 Å². The summed E-state index contributed by atoms with van der Waals surface area (Å²) < 4.78 is 268. The summed E-state index contributed by atoms with van der Waals surface area (Å²) >= 11 is 0. The molecular weight excluding hydrogens is 580 g/mol. The van der Waals surface area contributed by atoms with Crippen molar-refractivity contribution in [1.29, 1.82) is 0 Å². The summed E-state index contributed by atoms with van der Waals surface area (Å²) in [7, 11) is 0. The first kappa shape index (κ1) is 31.4. The van der Waals surface area contributed by atoms with Crippen LogP contribution in [0.5, 0.6) is 0 Å². The van der Waals surface area contributed by atoms with E-state index in [1.165, 1.54) is 23.7 Å². The third-order valence-corrected chi connectivity index (χ3v) is 2.98. The average molecular weight is 580 g/mol. The molecule has 25 heteroatoms. The van der Waals surface area contributed by atoms with Gasteiger partial charge in [0, 0.05) is 0 Å². The van der Waals surface area contributed by atoms with Gasteiger partial charge in [-0.2, -0.15) is 87.8 Å². The van der Waals surface area contributed by atoms with Gasteiger partial charge in [-0.1, -0.05) is 0 Å². The summed E-state index contributed by atoms with van der Waals surface area (Å²) in [6.07, 6.45) is -77.9. The van der Waals surface area contributed by atoms with Crippen LogP contribution in [0.2, 0.25) is 0 Å². The number of ether oxygens (including phenoxy) is 5. The van der Waals surface area contributed by atoms with Crippen LogP contribution in [0.1, 0.15) is 0 Å². The first-order valence-electron chi connectivity index (χ1n) is 7.07. The fraction of sp³-hybridized carbons (Fsp3) is 1.00. The van der Waals surface area contributed by atoms with Crippen LogP contribution >= 0.6 is 0 Å². The predicted molar refractivity (Wildman–Crippen MR) is 54.9 cm³/mol. The highest BCUT2D eigenvalue weighted by Gasteiger charge is 2.81. The largest absolute Gasteiger partial charge is 0.453 e. The third kappa shape index (κ3) is 5.56. The minimum absolute atomic E-state index is 1.29. The van der Waals surface area contributed by atoms with Crippen LogP contribution in [0.15, 0.2) is 0 Å². The molecule has 0 bridgehead atoms. The molecule has 210 valence electrons. The smallest absolute Gasteiger partial charge is 0.241 e. The first-order valence-corrected chi connectivity index (χ1v) is 7.07. The molecule has 1 aliphatic rings. The Morgan fingerprint density at radius 1 is 0.171 bits per heavy atom. The lowest BCUT2D eigenvalue weighted by molar-refractivity contribution is -0.579. The monoisotopic (exact) mass is 580 g/mol. The van der Waals surface area contributed by atoms with Crippen molar-refractivity contribution in [1.82, 2.24) is 0 Å². The van der Waals surface area contributed by atoms with Gasteiger partial charge in [0.15, 0.2) is 0 Å². The summed E-state index contributed by atoms with van der Waals surface area (Å²) in [6, 6.07) is 0. The SMILES string of the molecule is FC1(F)OC(F)(F)C(F)(F)OC(F)(F)C(F)(F)OC(F)(F)C(F)(F)OC(F)(F)C(F)(F)OC1(F)F. The zero-order valence-corrected chi connectivity index (χ0v) is 14.6. The molecule has 1 fully saturated rings. The second kappa shape index (κ2) is 7.95. The topological polar surface area (TPSA) is 46.2 Å². The molecule has 0 radical (unpaired) electrons. The summed E-state index contributed by atoms with van der Waals surface area (Å²) in [5.74, 6) is 0. The number of rotatable bonds is 0. The molecule has 1 saturated heterocycles. The molecule has 0 atom stereocenters. The number of hydrogen-bond acceptors (Lipinski definition) is 5. The van der Waals surface area contributed by atoms with Gasteiger partial charge in [0.05, 0.1) is 0 Å². The van der Waals surface area contributed by atoms with Gasteiger partial charge < -0.3 is 0 Å². The minimum atomic E-state index is -7.79. The predicted octanol–water partition coefficient (Wildman–Crippen LogP) is 6.01. The fourth-order valence-electron chi connectivity index (χ4n) is 1.40. The van der Waals surface area contributed by atoms with E-state index in [1.54, 1.807) is 0 Å². The summed E-state index contributed by atoms with van der Waals surface area (Å²) in [6.45, 7) is 0. The van der Waals surface area contributed by atoms with Crippen LogP contribution in [0, 0.1) is 0 Å². The van der Waals surface area contributed by atoms with Crippen molar-refractivity contribution in [2.24, 2.45) is 0 Å². The number of alkyl halides is 20. The zero-order chi connectivity index (χ0) is 28.5. The van der Waals surface area contributed by atoms with Crippen molar-refractivity contribution >= 4 is 0 Å². The van der Waals surface area contributed by atoms with E-state index in [-0.39, 0.29) is 0 Å². The molecule has 0 aromatic heterocycles. The van der Waals surface area contributed by atoms with Crippen LogP contribution in [0.3, 0.4) is 0 Å². The van der Waals surface area contributed by atoms with E-state index in [0.29, 0.717) is 0 Å². The Morgan fingerprint density at radius 2 is 0.229 bits per heavy atom. The van der Waals surface area contributed by atoms with Gasteiger partial charge in [-0.15, -0.1) is 0 Å². The molecule has 0 spiro atoms. The maximum atomic E-state index is 13.1. The highest BCUT2D eigenvalue weighted by atomic mass is 19.4. The third-order valence-electron chi connectivity index (χ3n) is 2.98. The maximum Gasteiger partial charge on any atom is 0.453 e. The highest BCUT2D eigenvalue weighted by Crippen LogP contribution is 2.55. The van der Waals surface area contributed by atoms with E-state index >= 15 is 0 Å². The van der Waals surface area contributed by atoms with Gasteiger partial charge in [0.25, 0.3) is 0 Å². The molecule has 1 heterocycles. The lowest BCUT2D eigenvalue weighted by atomic mass is 10.4. The molecule has 0 saturated carbocycles. The molecule has 0 aromatic rings. The standard InChI is InChI=1S/C10F20O5/c11-1(12)2(13,14)32-5(19,20)6(21,22)34-9(27,28)10(29,30)35-8(25,26)7(23,24)33-4(17,18)3(15,16)31-1. The van der Waals surface area contributed by atoms with Crippen molar-refractivity contribution in [2.75, 3.05) is 0 Å². The molecule has 0 aromatic carbocycles. The molecule has 5 nitrogen and oxygen atoms in total. The van der Waals surface area contributed by atoms with Crippen molar-refractivity contribution in [3.05, 3.63) is 0 Å². The van der Waals surface area contributed by atoms with E-state index in [2.05, 4.69) is 0 Å². The quantitative estimate of drug-likeness (QED) is 0.329. The molecule has 0 amide bonds. The first-order chi connectivity index (χ1) is 14.8. The Labute approximate surface area is 174 Å². The van der Waals surface area contributed by atoms with E-state index in [9.17, 15) is 87.8 Å². The van der Waals surface area contributed by atoms with Crippen molar-refractivity contribution in [3.63, 3.8) is 0 Å². The van der Waals surface area contributed by atoms with Gasteiger partial charge in [-0.25, -0.2) is 23.7 Å². The normalized spacial score (nSPS) is 32.6. The average Bonchev–Trinajstić information content (AvgIpc) is 2.47. The van der Waals surface area contributed by atoms with Crippen LogP contribution in [0.25, 0.3) is 0 Å². The van der Waals surface area contributed by atoms with Crippen LogP contribution in [0.4, 0.5) is 87.8 Å². The minimum Gasteiger partial charge on any atom is -0.241 e. The molecular formula is C10F20O5. The summed E-state index contributed by atoms with van der Waals surface area (Å²) in [4.78, 5) is 0. The van der Waals surface area contributed by atoms with Gasteiger partial charge in [0.2, 0.25) is 0 Å². The van der Waals surface area contributed by atoms with E-state index < -0.39 is 61.1 Å². The van der Waals surface area contributed by atoms with E-state index in [1.807, 2.05) is 0 Å². The second-order valence-electron chi connectivity index (χ2n) is 5.68. The molecule has 1 aliphatic heterocycles. The van der Waals surface area contributed by atoms with Crippen LogP contribution < -0.4 is 0 Å². The van der Waals surface area contributed by atoms with Crippen molar-refractivity contribution < 1.29 is 111 Å². The molecule has 1 rings (SSSR count). The van der Waals surface area contributed by atoms with Gasteiger partial charge >= 0.3 is 61.1 Å². The molecule has 0 N–H and O–H groups in total. The molecule has 35 heavy (non-hydrogen) atoms. The fourth-order valence-corrected chi connectivity index (χ4v) is 1.40. The molecule has 0 aliphatic carbocycles. The van der Waals surface area contributed by atoms with Gasteiger partial charge in [-0.05, 0) is 0 Å². The number of halogens is 20. The number of hydrogen-bond donors (Lipinski definition) is 0. The lowest BCUT2D eigenvalue weighted by Crippen LogP contribution is -2.60. The lowest BCUT2D eigenvalue weighted by Gasteiger charge is -2.35. The van der Waals surface area contributed by atoms with E-state index in [4.69, 9.17) is 0 Å². The summed E-state index contributed by atoms with van der Waals surface area (Å²) in [5.41, 5.74) is 0. The maximum absolute atomic E-state index is 13.1. The van der Waals surface area contributed by atoms with Crippen molar-refractivity contribution in [3.8, 4) is 0 Å². The Balaban J connectivity index is 3.85.